The Morgan fingerprint density at radius 1 is 1.57 bits per heavy atom. The van der Waals surface area contributed by atoms with Gasteiger partial charge < -0.3 is 10.9 Å². The Morgan fingerprint density at radius 2 is 2.29 bits per heavy atom. The summed E-state index contributed by atoms with van der Waals surface area (Å²) in [7, 11) is 0. The number of rotatable bonds is 3. The van der Waals surface area contributed by atoms with Gasteiger partial charge >= 0.3 is 0 Å². The first-order chi connectivity index (χ1) is 6.67. The molecule has 1 aliphatic heterocycles. The van der Waals surface area contributed by atoms with Crippen LogP contribution in [0.15, 0.2) is 5.16 Å². The van der Waals surface area contributed by atoms with Gasteiger partial charge in [0.15, 0.2) is 5.84 Å². The zero-order valence-corrected chi connectivity index (χ0v) is 9.11. The van der Waals surface area contributed by atoms with Gasteiger partial charge in [-0.3, -0.25) is 4.90 Å². The first-order valence-corrected chi connectivity index (χ1v) is 5.37. The third-order valence-electron chi connectivity index (χ3n) is 3.18. The molecule has 0 aromatic carbocycles. The van der Waals surface area contributed by atoms with Crippen molar-refractivity contribution >= 4 is 5.84 Å². The topological polar surface area (TPSA) is 61.8 Å². The number of oxime groups is 1. The van der Waals surface area contributed by atoms with Crippen LogP contribution in [-0.4, -0.2) is 35.1 Å². The van der Waals surface area contributed by atoms with Crippen LogP contribution in [0.25, 0.3) is 0 Å². The average molecular weight is 199 g/mol. The van der Waals surface area contributed by atoms with Crippen LogP contribution in [0, 0.1) is 5.92 Å². The molecular weight excluding hydrogens is 178 g/mol. The normalized spacial score (nSPS) is 30.6. The Balaban J connectivity index is 2.48. The molecule has 0 radical (unpaired) electrons. The van der Waals surface area contributed by atoms with E-state index in [0.717, 1.165) is 12.5 Å². The molecule has 1 fully saturated rings. The molecule has 0 saturated carbocycles. The molecule has 3 N–H and O–H groups in total. The standard InChI is InChI=1S/C10H21N3O/c1-3-9-5-4-8(2)13(6-9)7-10(11)12-14/h8-9,14H,3-7H2,1-2H3,(H2,11,12)/t8-,9+/m0/s1. The van der Waals surface area contributed by atoms with Crippen molar-refractivity contribution in [3.63, 3.8) is 0 Å². The molecule has 0 unspecified atom stereocenters. The fourth-order valence-electron chi connectivity index (χ4n) is 2.06. The Bertz CT molecular complexity index is 206. The highest BCUT2D eigenvalue weighted by Gasteiger charge is 2.24. The fraction of sp³-hybridized carbons (Fsp3) is 0.900. The smallest absolute Gasteiger partial charge is 0.153 e. The van der Waals surface area contributed by atoms with Gasteiger partial charge in [-0.1, -0.05) is 18.5 Å². The molecule has 4 nitrogen and oxygen atoms in total. The second-order valence-corrected chi connectivity index (χ2v) is 4.22. The molecule has 0 aromatic heterocycles. The summed E-state index contributed by atoms with van der Waals surface area (Å²) in [5.74, 6) is 1.09. The molecule has 4 heteroatoms. The highest BCUT2D eigenvalue weighted by atomic mass is 16.4. The molecule has 0 bridgehead atoms. The summed E-state index contributed by atoms with van der Waals surface area (Å²) in [6.07, 6.45) is 3.75. The largest absolute Gasteiger partial charge is 0.409 e. The lowest BCUT2D eigenvalue weighted by Gasteiger charge is -2.37. The Labute approximate surface area is 85.8 Å². The Hall–Kier alpha value is -0.770. The van der Waals surface area contributed by atoms with E-state index in [1.807, 2.05) is 0 Å². The first-order valence-electron chi connectivity index (χ1n) is 5.37. The van der Waals surface area contributed by atoms with Crippen LogP contribution in [0.2, 0.25) is 0 Å². The van der Waals surface area contributed by atoms with Crippen molar-refractivity contribution in [1.82, 2.24) is 4.90 Å². The number of nitrogens with zero attached hydrogens (tertiary/aromatic N) is 2. The van der Waals surface area contributed by atoms with Crippen LogP contribution in [0.1, 0.15) is 33.1 Å². The van der Waals surface area contributed by atoms with E-state index in [9.17, 15) is 0 Å². The van der Waals surface area contributed by atoms with E-state index in [-0.39, 0.29) is 0 Å². The van der Waals surface area contributed by atoms with Crippen molar-refractivity contribution in [2.75, 3.05) is 13.1 Å². The molecule has 1 aliphatic rings. The molecule has 1 heterocycles. The number of hydrogen-bond donors (Lipinski definition) is 2. The van der Waals surface area contributed by atoms with Gasteiger partial charge in [0.1, 0.15) is 0 Å². The SMILES string of the molecule is CC[C@@H]1CC[C@H](C)N(C/C(N)=N/O)C1. The number of hydrogen-bond acceptors (Lipinski definition) is 3. The first kappa shape index (κ1) is 11.3. The molecule has 82 valence electrons. The third-order valence-corrected chi connectivity index (χ3v) is 3.18. The maximum Gasteiger partial charge on any atom is 0.153 e. The summed E-state index contributed by atoms with van der Waals surface area (Å²) in [6.45, 7) is 6.10. The molecule has 2 atom stereocenters. The van der Waals surface area contributed by atoms with Crippen LogP contribution < -0.4 is 5.73 Å². The number of piperidine rings is 1. The fourth-order valence-corrected chi connectivity index (χ4v) is 2.06. The monoisotopic (exact) mass is 199 g/mol. The summed E-state index contributed by atoms with van der Waals surface area (Å²) >= 11 is 0. The minimum absolute atomic E-state index is 0.314. The molecule has 14 heavy (non-hydrogen) atoms. The lowest BCUT2D eigenvalue weighted by atomic mass is 9.91. The molecule has 1 saturated heterocycles. The van der Waals surface area contributed by atoms with Gasteiger partial charge in [0.2, 0.25) is 0 Å². The molecule has 0 aliphatic carbocycles. The van der Waals surface area contributed by atoms with Crippen molar-refractivity contribution in [2.45, 2.75) is 39.2 Å². The quantitative estimate of drug-likeness (QED) is 0.311. The maximum absolute atomic E-state index is 8.51. The molecule has 1 rings (SSSR count). The van der Waals surface area contributed by atoms with E-state index in [2.05, 4.69) is 23.9 Å². The summed E-state index contributed by atoms with van der Waals surface area (Å²) in [6, 6.07) is 0.554. The van der Waals surface area contributed by atoms with Gasteiger partial charge in [-0.15, -0.1) is 0 Å². The van der Waals surface area contributed by atoms with Gasteiger partial charge in [-0.2, -0.15) is 0 Å². The van der Waals surface area contributed by atoms with Crippen molar-refractivity contribution in [1.29, 1.82) is 0 Å². The zero-order valence-electron chi connectivity index (χ0n) is 9.11. The van der Waals surface area contributed by atoms with Gasteiger partial charge in [-0.05, 0) is 25.7 Å². The van der Waals surface area contributed by atoms with E-state index >= 15 is 0 Å². The highest BCUT2D eigenvalue weighted by molar-refractivity contribution is 5.81. The summed E-state index contributed by atoms with van der Waals surface area (Å²) in [5.41, 5.74) is 5.51. The minimum Gasteiger partial charge on any atom is -0.409 e. The van der Waals surface area contributed by atoms with Crippen LogP contribution in [-0.2, 0) is 0 Å². The molecular formula is C10H21N3O. The van der Waals surface area contributed by atoms with Gasteiger partial charge in [-0.25, -0.2) is 0 Å². The Morgan fingerprint density at radius 3 is 2.86 bits per heavy atom. The third kappa shape index (κ3) is 2.87. The van der Waals surface area contributed by atoms with Crippen LogP contribution in [0.3, 0.4) is 0 Å². The summed E-state index contributed by atoms with van der Waals surface area (Å²) in [5, 5.41) is 11.5. The van der Waals surface area contributed by atoms with Crippen molar-refractivity contribution in [3.05, 3.63) is 0 Å². The second kappa shape index (κ2) is 5.20. The van der Waals surface area contributed by atoms with Gasteiger partial charge in [0.05, 0.1) is 6.54 Å². The van der Waals surface area contributed by atoms with E-state index in [1.54, 1.807) is 0 Å². The predicted octanol–water partition coefficient (Wildman–Crippen LogP) is 1.24. The number of amidine groups is 1. The molecule has 0 aromatic rings. The van der Waals surface area contributed by atoms with E-state index in [1.165, 1.54) is 19.3 Å². The van der Waals surface area contributed by atoms with Crippen molar-refractivity contribution in [3.8, 4) is 0 Å². The number of likely N-dealkylation sites (tertiary alicyclic amines) is 1. The van der Waals surface area contributed by atoms with E-state index in [4.69, 9.17) is 10.9 Å². The van der Waals surface area contributed by atoms with Crippen LogP contribution >= 0.6 is 0 Å². The average Bonchev–Trinajstić information content (AvgIpc) is 2.21. The van der Waals surface area contributed by atoms with Crippen LogP contribution in [0.4, 0.5) is 0 Å². The van der Waals surface area contributed by atoms with Gasteiger partial charge in [0, 0.05) is 12.6 Å². The summed E-state index contributed by atoms with van der Waals surface area (Å²) in [4.78, 5) is 2.30. The highest BCUT2D eigenvalue weighted by Crippen LogP contribution is 2.23. The zero-order chi connectivity index (χ0) is 10.6. The minimum atomic E-state index is 0.314. The summed E-state index contributed by atoms with van der Waals surface area (Å²) < 4.78 is 0. The lowest BCUT2D eigenvalue weighted by Crippen LogP contribution is -2.45. The van der Waals surface area contributed by atoms with E-state index < -0.39 is 0 Å². The number of nitrogens with two attached hydrogens (primary N) is 1. The second-order valence-electron chi connectivity index (χ2n) is 4.22. The van der Waals surface area contributed by atoms with Crippen molar-refractivity contribution < 1.29 is 5.21 Å². The lowest BCUT2D eigenvalue weighted by molar-refractivity contribution is 0.133. The Kier molecular flexibility index (Phi) is 4.20. The maximum atomic E-state index is 8.51. The molecule has 0 spiro atoms. The van der Waals surface area contributed by atoms with Gasteiger partial charge in [0.25, 0.3) is 0 Å². The van der Waals surface area contributed by atoms with E-state index in [0.29, 0.717) is 18.4 Å². The van der Waals surface area contributed by atoms with Crippen LogP contribution in [0.5, 0.6) is 0 Å². The van der Waals surface area contributed by atoms with Crippen molar-refractivity contribution in [2.24, 2.45) is 16.8 Å². The molecule has 0 amide bonds. The predicted molar refractivity (Wildman–Crippen MR) is 57.5 cm³/mol.